The van der Waals surface area contributed by atoms with E-state index in [4.69, 9.17) is 5.73 Å². The summed E-state index contributed by atoms with van der Waals surface area (Å²) in [5, 5.41) is 0. The molecule has 0 bridgehead atoms. The van der Waals surface area contributed by atoms with E-state index in [9.17, 15) is 0 Å². The van der Waals surface area contributed by atoms with Gasteiger partial charge in [0.15, 0.2) is 0 Å². The van der Waals surface area contributed by atoms with Crippen molar-refractivity contribution in [3.63, 3.8) is 0 Å². The third-order valence-electron chi connectivity index (χ3n) is 1.94. The lowest BCUT2D eigenvalue weighted by Gasteiger charge is -2.11. The lowest BCUT2D eigenvalue weighted by Crippen LogP contribution is -2.18. The first kappa shape index (κ1) is 11.6. The molecule has 14 heavy (non-hydrogen) atoms. The Hall–Kier alpha value is -0.480. The summed E-state index contributed by atoms with van der Waals surface area (Å²) in [5.74, 6) is 3.82. The van der Waals surface area contributed by atoms with Crippen molar-refractivity contribution in [3.8, 4) is 0 Å². The molecule has 0 amide bonds. The first-order valence-electron chi connectivity index (χ1n) is 4.91. The number of aryl methyl sites for hydroxylation is 1. The predicted octanol–water partition coefficient (Wildman–Crippen LogP) is 1.81. The minimum absolute atomic E-state index is 0.0544. The van der Waals surface area contributed by atoms with Crippen molar-refractivity contribution in [2.24, 2.45) is 18.7 Å². The van der Waals surface area contributed by atoms with Gasteiger partial charge < -0.3 is 10.3 Å². The summed E-state index contributed by atoms with van der Waals surface area (Å²) in [6.45, 7) is 4.44. The molecule has 4 heteroatoms. The van der Waals surface area contributed by atoms with Crippen molar-refractivity contribution in [3.05, 3.63) is 18.2 Å². The van der Waals surface area contributed by atoms with Crippen LogP contribution in [0.3, 0.4) is 0 Å². The Morgan fingerprint density at radius 3 is 2.71 bits per heavy atom. The molecule has 80 valence electrons. The Kier molecular flexibility index (Phi) is 4.48. The van der Waals surface area contributed by atoms with Gasteiger partial charge in [0, 0.05) is 25.2 Å². The van der Waals surface area contributed by atoms with Crippen molar-refractivity contribution in [2.75, 3.05) is 11.5 Å². The highest BCUT2D eigenvalue weighted by Crippen LogP contribution is 2.15. The average Bonchev–Trinajstić information content (AvgIpc) is 2.50. The van der Waals surface area contributed by atoms with Crippen LogP contribution in [0, 0.1) is 5.92 Å². The van der Waals surface area contributed by atoms with Gasteiger partial charge in [0.05, 0.1) is 6.04 Å². The molecule has 3 nitrogen and oxygen atoms in total. The van der Waals surface area contributed by atoms with Crippen molar-refractivity contribution in [2.45, 2.75) is 19.9 Å². The van der Waals surface area contributed by atoms with E-state index >= 15 is 0 Å². The number of aromatic nitrogens is 2. The third kappa shape index (κ3) is 3.35. The molecule has 0 spiro atoms. The molecule has 0 aromatic carbocycles. The van der Waals surface area contributed by atoms with E-state index in [1.807, 2.05) is 29.6 Å². The van der Waals surface area contributed by atoms with Crippen LogP contribution < -0.4 is 5.73 Å². The lowest BCUT2D eigenvalue weighted by atomic mass is 10.3. The standard InChI is InChI=1S/C10H19N3S/c1-8(2)6-14-7-9(11)10-12-4-5-13(10)3/h4-5,8-9H,6-7,11H2,1-3H3. The van der Waals surface area contributed by atoms with Gasteiger partial charge in [0.2, 0.25) is 0 Å². The zero-order valence-corrected chi connectivity index (χ0v) is 9.92. The smallest absolute Gasteiger partial charge is 0.126 e. The number of thioether (sulfide) groups is 1. The number of hydrogen-bond donors (Lipinski definition) is 1. The Morgan fingerprint density at radius 2 is 2.21 bits per heavy atom. The maximum Gasteiger partial charge on any atom is 0.126 e. The molecule has 1 unspecified atom stereocenters. The van der Waals surface area contributed by atoms with Crippen LogP contribution >= 0.6 is 11.8 Å². The second kappa shape index (κ2) is 5.41. The number of rotatable bonds is 5. The number of hydrogen-bond acceptors (Lipinski definition) is 3. The van der Waals surface area contributed by atoms with Crippen LogP contribution in [0.4, 0.5) is 0 Å². The van der Waals surface area contributed by atoms with Crippen LogP contribution in [-0.4, -0.2) is 21.1 Å². The summed E-state index contributed by atoms with van der Waals surface area (Å²) in [6.07, 6.45) is 3.73. The molecule has 1 atom stereocenters. The van der Waals surface area contributed by atoms with Crippen LogP contribution in [-0.2, 0) is 7.05 Å². The summed E-state index contributed by atoms with van der Waals surface area (Å²) < 4.78 is 1.99. The number of imidazole rings is 1. The molecule has 0 saturated carbocycles. The van der Waals surface area contributed by atoms with Crippen LogP contribution in [0.5, 0.6) is 0 Å². The van der Waals surface area contributed by atoms with E-state index in [1.165, 1.54) is 0 Å². The molecule has 0 saturated heterocycles. The second-order valence-electron chi connectivity index (χ2n) is 3.93. The zero-order chi connectivity index (χ0) is 10.6. The molecular weight excluding hydrogens is 194 g/mol. The minimum Gasteiger partial charge on any atom is -0.337 e. The van der Waals surface area contributed by atoms with Crippen LogP contribution in [0.1, 0.15) is 25.7 Å². The lowest BCUT2D eigenvalue weighted by molar-refractivity contribution is 0.690. The Morgan fingerprint density at radius 1 is 1.50 bits per heavy atom. The minimum atomic E-state index is 0.0544. The average molecular weight is 213 g/mol. The fourth-order valence-electron chi connectivity index (χ4n) is 1.24. The molecule has 0 fully saturated rings. The summed E-state index contributed by atoms with van der Waals surface area (Å²) in [4.78, 5) is 4.24. The van der Waals surface area contributed by atoms with Crippen LogP contribution in [0.2, 0.25) is 0 Å². The second-order valence-corrected chi connectivity index (χ2v) is 5.01. The molecule has 2 N–H and O–H groups in total. The van der Waals surface area contributed by atoms with E-state index in [2.05, 4.69) is 18.8 Å². The molecule has 0 aliphatic carbocycles. The summed E-state index contributed by atoms with van der Waals surface area (Å²) in [6, 6.07) is 0.0544. The molecule has 1 aromatic heterocycles. The van der Waals surface area contributed by atoms with Gasteiger partial charge in [0.25, 0.3) is 0 Å². The van der Waals surface area contributed by atoms with Gasteiger partial charge in [-0.1, -0.05) is 13.8 Å². The van der Waals surface area contributed by atoms with Crippen LogP contribution in [0.15, 0.2) is 12.4 Å². The van der Waals surface area contributed by atoms with Crippen molar-refractivity contribution in [1.29, 1.82) is 0 Å². The predicted molar refractivity (Wildman–Crippen MR) is 62.3 cm³/mol. The monoisotopic (exact) mass is 213 g/mol. The van der Waals surface area contributed by atoms with Gasteiger partial charge in [-0.15, -0.1) is 0 Å². The zero-order valence-electron chi connectivity index (χ0n) is 9.10. The van der Waals surface area contributed by atoms with Gasteiger partial charge in [-0.2, -0.15) is 11.8 Å². The van der Waals surface area contributed by atoms with E-state index < -0.39 is 0 Å². The highest BCUT2D eigenvalue weighted by Gasteiger charge is 2.10. The normalized spacial score (nSPS) is 13.5. The van der Waals surface area contributed by atoms with E-state index in [0.717, 1.165) is 23.2 Å². The van der Waals surface area contributed by atoms with Crippen LogP contribution in [0.25, 0.3) is 0 Å². The summed E-state index contributed by atoms with van der Waals surface area (Å²) in [7, 11) is 1.98. The van der Waals surface area contributed by atoms with Crippen molar-refractivity contribution < 1.29 is 0 Å². The van der Waals surface area contributed by atoms with Gasteiger partial charge >= 0.3 is 0 Å². The van der Waals surface area contributed by atoms with Gasteiger partial charge in [-0.25, -0.2) is 4.98 Å². The topological polar surface area (TPSA) is 43.8 Å². The van der Waals surface area contributed by atoms with E-state index in [0.29, 0.717) is 0 Å². The first-order valence-corrected chi connectivity index (χ1v) is 6.07. The molecule has 1 rings (SSSR count). The first-order chi connectivity index (χ1) is 6.61. The molecule has 0 aliphatic heterocycles. The summed E-state index contributed by atoms with van der Waals surface area (Å²) >= 11 is 1.90. The fourth-order valence-corrected chi connectivity index (χ4v) is 2.25. The van der Waals surface area contributed by atoms with E-state index in [1.54, 1.807) is 6.20 Å². The van der Waals surface area contributed by atoms with Crippen molar-refractivity contribution >= 4 is 11.8 Å². The highest BCUT2D eigenvalue weighted by molar-refractivity contribution is 7.99. The number of nitrogens with zero attached hydrogens (tertiary/aromatic N) is 2. The Labute approximate surface area is 90.1 Å². The Bertz CT molecular complexity index is 270. The van der Waals surface area contributed by atoms with Gasteiger partial charge in [-0.3, -0.25) is 0 Å². The van der Waals surface area contributed by atoms with E-state index in [-0.39, 0.29) is 6.04 Å². The SMILES string of the molecule is CC(C)CSCC(N)c1nccn1C. The third-order valence-corrected chi connectivity index (χ3v) is 3.44. The molecule has 0 aliphatic rings. The quantitative estimate of drug-likeness (QED) is 0.811. The number of nitrogens with two attached hydrogens (primary N) is 1. The molecule has 1 heterocycles. The maximum absolute atomic E-state index is 6.02. The summed E-state index contributed by atoms with van der Waals surface area (Å²) in [5.41, 5.74) is 6.02. The molecule has 0 radical (unpaired) electrons. The largest absolute Gasteiger partial charge is 0.337 e. The molecular formula is C10H19N3S. The maximum atomic E-state index is 6.02. The van der Waals surface area contributed by atoms with Gasteiger partial charge in [0.1, 0.15) is 5.82 Å². The van der Waals surface area contributed by atoms with Crippen molar-refractivity contribution in [1.82, 2.24) is 9.55 Å². The highest BCUT2D eigenvalue weighted by atomic mass is 32.2. The Balaban J connectivity index is 2.36. The fraction of sp³-hybridized carbons (Fsp3) is 0.700. The van der Waals surface area contributed by atoms with Gasteiger partial charge in [-0.05, 0) is 11.7 Å². The molecule has 1 aromatic rings.